The standard InChI is InChI=1S/C30H47Cl2N3O3/c1-29-11-9-21(36)18-20(29)5-6-22-23-7-8-26(30(23,2)12-10-24(22)29)33-28(38)25-4-3-15-35(25)27(37)19-34(16-13-31)17-14-32/h5,21-26,36H,3-4,6-19H2,1-2H3,(H,33,38)/t21-,22-,23-,24-,25-,26-,29-,30-/m0/s1. The molecule has 0 bridgehead atoms. The molecule has 6 nitrogen and oxygen atoms in total. The summed E-state index contributed by atoms with van der Waals surface area (Å²) in [5, 5.41) is 13.8. The van der Waals surface area contributed by atoms with Crippen molar-refractivity contribution < 1.29 is 14.7 Å². The van der Waals surface area contributed by atoms with Crippen LogP contribution in [0, 0.1) is 28.6 Å². The van der Waals surface area contributed by atoms with Crippen LogP contribution in [0.5, 0.6) is 0 Å². The number of alkyl halides is 2. The molecule has 1 heterocycles. The second kappa shape index (κ2) is 11.6. The molecule has 0 aromatic heterocycles. The maximum absolute atomic E-state index is 13.6. The van der Waals surface area contributed by atoms with E-state index in [0.29, 0.717) is 49.1 Å². The van der Waals surface area contributed by atoms with Gasteiger partial charge in [0.2, 0.25) is 11.8 Å². The van der Waals surface area contributed by atoms with Gasteiger partial charge in [0.1, 0.15) is 6.04 Å². The number of carbonyl (C=O) groups is 2. The average Bonchev–Trinajstić information content (AvgIpc) is 3.50. The number of hydrogen-bond acceptors (Lipinski definition) is 4. The Morgan fingerprint density at radius 1 is 1.08 bits per heavy atom. The molecule has 0 radical (unpaired) electrons. The van der Waals surface area contributed by atoms with Gasteiger partial charge in [0, 0.05) is 37.4 Å². The van der Waals surface area contributed by atoms with Crippen LogP contribution >= 0.6 is 23.2 Å². The van der Waals surface area contributed by atoms with Gasteiger partial charge in [-0.3, -0.25) is 14.5 Å². The number of likely N-dealkylation sites (tertiary alicyclic amines) is 1. The van der Waals surface area contributed by atoms with Gasteiger partial charge in [0.05, 0.1) is 12.6 Å². The molecule has 0 aromatic carbocycles. The Hall–Kier alpha value is -0.820. The fourth-order valence-corrected chi connectivity index (χ4v) is 9.75. The molecular formula is C30H47Cl2N3O3. The number of allylic oxidation sites excluding steroid dienone is 1. The predicted octanol–water partition coefficient (Wildman–Crippen LogP) is 4.57. The summed E-state index contributed by atoms with van der Waals surface area (Å²) in [4.78, 5) is 30.6. The topological polar surface area (TPSA) is 72.9 Å². The Morgan fingerprint density at radius 2 is 1.84 bits per heavy atom. The van der Waals surface area contributed by atoms with E-state index in [1.807, 2.05) is 4.90 Å². The van der Waals surface area contributed by atoms with E-state index in [4.69, 9.17) is 23.2 Å². The predicted molar refractivity (Wildman–Crippen MR) is 152 cm³/mol. The number of carbonyl (C=O) groups excluding carboxylic acids is 2. The molecule has 214 valence electrons. The van der Waals surface area contributed by atoms with E-state index in [1.54, 1.807) is 4.90 Å². The van der Waals surface area contributed by atoms with Crippen molar-refractivity contribution in [3.8, 4) is 0 Å². The van der Waals surface area contributed by atoms with E-state index in [-0.39, 0.29) is 47.4 Å². The quantitative estimate of drug-likeness (QED) is 0.333. The summed E-state index contributed by atoms with van der Waals surface area (Å²) in [6.07, 6.45) is 12.5. The highest BCUT2D eigenvalue weighted by Gasteiger charge is 2.59. The van der Waals surface area contributed by atoms with Gasteiger partial charge in [0.15, 0.2) is 0 Å². The van der Waals surface area contributed by atoms with Crippen molar-refractivity contribution in [1.82, 2.24) is 15.1 Å². The zero-order chi connectivity index (χ0) is 27.1. The summed E-state index contributed by atoms with van der Waals surface area (Å²) in [6, 6.07) is -0.197. The molecular weight excluding hydrogens is 521 g/mol. The second-order valence-corrected chi connectivity index (χ2v) is 14.0. The lowest BCUT2D eigenvalue weighted by molar-refractivity contribution is -0.140. The second-order valence-electron chi connectivity index (χ2n) is 13.2. The summed E-state index contributed by atoms with van der Waals surface area (Å²) in [5.74, 6) is 2.92. The number of aliphatic hydroxyl groups is 1. The van der Waals surface area contributed by atoms with Crippen molar-refractivity contribution in [1.29, 1.82) is 0 Å². The first-order chi connectivity index (χ1) is 18.2. The molecule has 8 atom stereocenters. The lowest BCUT2D eigenvalue weighted by Crippen LogP contribution is -2.56. The largest absolute Gasteiger partial charge is 0.393 e. The number of rotatable bonds is 8. The summed E-state index contributed by atoms with van der Waals surface area (Å²) in [6.45, 7) is 7.02. The summed E-state index contributed by atoms with van der Waals surface area (Å²) >= 11 is 11.8. The third kappa shape index (κ3) is 5.17. The molecule has 1 aliphatic heterocycles. The molecule has 5 rings (SSSR count). The first kappa shape index (κ1) is 28.7. The Balaban J connectivity index is 1.24. The molecule has 5 aliphatic rings. The van der Waals surface area contributed by atoms with Crippen LogP contribution in [0.3, 0.4) is 0 Å². The molecule has 0 aromatic rings. The highest BCUT2D eigenvalue weighted by molar-refractivity contribution is 6.18. The zero-order valence-electron chi connectivity index (χ0n) is 23.3. The number of aliphatic hydroxyl groups excluding tert-OH is 1. The van der Waals surface area contributed by atoms with Gasteiger partial charge in [-0.15, -0.1) is 23.2 Å². The molecule has 0 spiro atoms. The number of hydrogen-bond donors (Lipinski definition) is 2. The van der Waals surface area contributed by atoms with Crippen molar-refractivity contribution in [3.05, 3.63) is 11.6 Å². The van der Waals surface area contributed by atoms with Crippen LogP contribution in [-0.2, 0) is 9.59 Å². The lowest BCUT2D eigenvalue weighted by Gasteiger charge is -2.58. The molecule has 4 aliphatic carbocycles. The SMILES string of the molecule is C[C@]12CC[C@H]3[C@@H](CC=C4C[C@@H](O)CC[C@@]43C)[C@@H]1CC[C@@H]2NC(=O)[C@@H]1CCCN1C(=O)CN(CCCl)CCCl. The molecule has 2 N–H and O–H groups in total. The minimum atomic E-state index is -0.372. The fourth-order valence-electron chi connectivity index (χ4n) is 9.28. The van der Waals surface area contributed by atoms with Crippen molar-refractivity contribution in [2.24, 2.45) is 28.6 Å². The third-order valence-electron chi connectivity index (χ3n) is 11.4. The summed E-state index contributed by atoms with van der Waals surface area (Å²) in [7, 11) is 0. The zero-order valence-corrected chi connectivity index (χ0v) is 24.8. The van der Waals surface area contributed by atoms with Crippen molar-refractivity contribution in [3.63, 3.8) is 0 Å². The Labute approximate surface area is 238 Å². The Kier molecular flexibility index (Phi) is 8.75. The highest BCUT2D eigenvalue weighted by Crippen LogP contribution is 2.64. The summed E-state index contributed by atoms with van der Waals surface area (Å²) in [5.41, 5.74) is 1.85. The lowest BCUT2D eigenvalue weighted by atomic mass is 9.48. The molecule has 0 unspecified atom stereocenters. The number of nitrogens with zero attached hydrogens (tertiary/aromatic N) is 2. The van der Waals surface area contributed by atoms with Crippen LogP contribution in [0.15, 0.2) is 11.6 Å². The van der Waals surface area contributed by atoms with Crippen molar-refractivity contribution in [2.45, 2.75) is 96.2 Å². The number of nitrogens with one attached hydrogen (secondary N) is 1. The van der Waals surface area contributed by atoms with Crippen molar-refractivity contribution >= 4 is 35.0 Å². The molecule has 2 amide bonds. The molecule has 8 heteroatoms. The average molecular weight is 569 g/mol. The highest BCUT2D eigenvalue weighted by atomic mass is 35.5. The van der Waals surface area contributed by atoms with Crippen LogP contribution < -0.4 is 5.32 Å². The maximum atomic E-state index is 13.6. The molecule has 38 heavy (non-hydrogen) atoms. The number of fused-ring (bicyclic) bond motifs is 5. The molecule has 4 fully saturated rings. The van der Waals surface area contributed by atoms with Gasteiger partial charge >= 0.3 is 0 Å². The van der Waals surface area contributed by atoms with Crippen LogP contribution in [-0.4, -0.2) is 82.8 Å². The minimum Gasteiger partial charge on any atom is -0.393 e. The van der Waals surface area contributed by atoms with Gasteiger partial charge in [-0.1, -0.05) is 25.5 Å². The van der Waals surface area contributed by atoms with Crippen LogP contribution in [0.2, 0.25) is 0 Å². The maximum Gasteiger partial charge on any atom is 0.243 e. The molecule has 1 saturated heterocycles. The first-order valence-corrected chi connectivity index (χ1v) is 16.1. The van der Waals surface area contributed by atoms with E-state index in [0.717, 1.165) is 51.4 Å². The fraction of sp³-hybridized carbons (Fsp3) is 0.867. The van der Waals surface area contributed by atoms with Crippen molar-refractivity contribution in [2.75, 3.05) is 37.9 Å². The third-order valence-corrected chi connectivity index (χ3v) is 11.8. The van der Waals surface area contributed by atoms with E-state index in [1.165, 1.54) is 18.4 Å². The van der Waals surface area contributed by atoms with E-state index >= 15 is 0 Å². The first-order valence-electron chi connectivity index (χ1n) is 15.0. The van der Waals surface area contributed by atoms with Crippen LogP contribution in [0.4, 0.5) is 0 Å². The van der Waals surface area contributed by atoms with Gasteiger partial charge in [0.25, 0.3) is 0 Å². The van der Waals surface area contributed by atoms with Gasteiger partial charge in [-0.2, -0.15) is 0 Å². The number of amides is 2. The van der Waals surface area contributed by atoms with E-state index < -0.39 is 0 Å². The number of halogens is 2. The Morgan fingerprint density at radius 3 is 2.58 bits per heavy atom. The molecule has 3 saturated carbocycles. The smallest absolute Gasteiger partial charge is 0.243 e. The van der Waals surface area contributed by atoms with E-state index in [9.17, 15) is 14.7 Å². The van der Waals surface area contributed by atoms with Gasteiger partial charge in [-0.25, -0.2) is 0 Å². The van der Waals surface area contributed by atoms with Gasteiger partial charge in [-0.05, 0) is 92.8 Å². The van der Waals surface area contributed by atoms with Gasteiger partial charge < -0.3 is 15.3 Å². The van der Waals surface area contributed by atoms with Crippen LogP contribution in [0.1, 0.15) is 78.1 Å². The van der Waals surface area contributed by atoms with Crippen LogP contribution in [0.25, 0.3) is 0 Å². The Bertz CT molecular complexity index is 924. The normalized spacial score (nSPS) is 40.4. The minimum absolute atomic E-state index is 0.00421. The van der Waals surface area contributed by atoms with E-state index in [2.05, 4.69) is 25.2 Å². The summed E-state index contributed by atoms with van der Waals surface area (Å²) < 4.78 is 0. The monoisotopic (exact) mass is 567 g/mol.